The van der Waals surface area contributed by atoms with Crippen molar-refractivity contribution in [1.29, 1.82) is 0 Å². The third kappa shape index (κ3) is 2.42. The highest BCUT2D eigenvalue weighted by Crippen LogP contribution is 2.28. The minimum atomic E-state index is 0.309. The summed E-state index contributed by atoms with van der Waals surface area (Å²) in [5.41, 5.74) is 8.39. The fraction of sp³-hybridized carbons (Fsp3) is 0.286. The summed E-state index contributed by atoms with van der Waals surface area (Å²) in [5.74, 6) is 1.23. The molecular weight excluding hydrogens is 226 g/mol. The van der Waals surface area contributed by atoms with Crippen LogP contribution in [0.15, 0.2) is 30.3 Å². The average Bonchev–Trinajstić information content (AvgIpc) is 3.12. The Morgan fingerprint density at radius 2 is 1.89 bits per heavy atom. The van der Waals surface area contributed by atoms with E-state index < -0.39 is 0 Å². The van der Waals surface area contributed by atoms with E-state index in [2.05, 4.69) is 9.97 Å². The number of ether oxygens (including phenoxy) is 1. The number of aryl methyl sites for hydroxylation is 1. The molecular formula is C14H15N3O. The molecule has 18 heavy (non-hydrogen) atoms. The standard InChI is InChI=1S/C14H15N3O/c1-9-8-13(17-14(15)16-9)10-2-4-11(5-3-10)18-12-6-7-12/h2-5,8,12H,6-7H2,1H3,(H2,15,16,17). The van der Waals surface area contributed by atoms with Gasteiger partial charge in [0, 0.05) is 11.3 Å². The van der Waals surface area contributed by atoms with Crippen molar-refractivity contribution >= 4 is 5.95 Å². The van der Waals surface area contributed by atoms with Gasteiger partial charge in [-0.05, 0) is 50.1 Å². The molecule has 0 radical (unpaired) electrons. The van der Waals surface area contributed by atoms with E-state index in [-0.39, 0.29) is 0 Å². The van der Waals surface area contributed by atoms with Crippen LogP contribution >= 0.6 is 0 Å². The molecule has 1 heterocycles. The summed E-state index contributed by atoms with van der Waals surface area (Å²) in [5, 5.41) is 0. The lowest BCUT2D eigenvalue weighted by molar-refractivity contribution is 0.303. The number of rotatable bonds is 3. The molecule has 0 amide bonds. The van der Waals surface area contributed by atoms with Gasteiger partial charge in [0.15, 0.2) is 0 Å². The van der Waals surface area contributed by atoms with Crippen LogP contribution in [0.1, 0.15) is 18.5 Å². The van der Waals surface area contributed by atoms with E-state index in [1.165, 1.54) is 12.8 Å². The Morgan fingerprint density at radius 1 is 1.17 bits per heavy atom. The molecule has 0 atom stereocenters. The SMILES string of the molecule is Cc1cc(-c2ccc(OC3CC3)cc2)nc(N)n1. The predicted molar refractivity (Wildman–Crippen MR) is 70.3 cm³/mol. The summed E-state index contributed by atoms with van der Waals surface area (Å²) in [6, 6.07) is 9.87. The zero-order valence-electron chi connectivity index (χ0n) is 10.3. The Hall–Kier alpha value is -2.10. The molecule has 0 saturated heterocycles. The highest BCUT2D eigenvalue weighted by atomic mass is 16.5. The van der Waals surface area contributed by atoms with E-state index in [1.54, 1.807) is 0 Å². The molecule has 1 aromatic carbocycles. The van der Waals surface area contributed by atoms with Crippen molar-refractivity contribution in [2.24, 2.45) is 0 Å². The molecule has 1 fully saturated rings. The number of nitrogens with zero attached hydrogens (tertiary/aromatic N) is 2. The number of nitrogens with two attached hydrogens (primary N) is 1. The number of aromatic nitrogens is 2. The molecule has 2 aromatic rings. The van der Waals surface area contributed by atoms with Crippen molar-refractivity contribution in [2.45, 2.75) is 25.9 Å². The van der Waals surface area contributed by atoms with E-state index in [0.29, 0.717) is 12.1 Å². The first-order valence-electron chi connectivity index (χ1n) is 6.09. The van der Waals surface area contributed by atoms with Crippen molar-refractivity contribution in [2.75, 3.05) is 5.73 Å². The molecule has 0 bridgehead atoms. The second-order valence-electron chi connectivity index (χ2n) is 4.59. The number of anilines is 1. The molecule has 0 unspecified atom stereocenters. The fourth-order valence-electron chi connectivity index (χ4n) is 1.82. The Labute approximate surface area is 106 Å². The first-order chi connectivity index (χ1) is 8.70. The molecule has 1 aliphatic rings. The van der Waals surface area contributed by atoms with E-state index in [4.69, 9.17) is 10.5 Å². The maximum absolute atomic E-state index is 5.71. The maximum Gasteiger partial charge on any atom is 0.220 e. The van der Waals surface area contributed by atoms with Gasteiger partial charge in [0.1, 0.15) is 5.75 Å². The van der Waals surface area contributed by atoms with Crippen LogP contribution in [0, 0.1) is 6.92 Å². The fourth-order valence-corrected chi connectivity index (χ4v) is 1.82. The van der Waals surface area contributed by atoms with E-state index in [1.807, 2.05) is 37.3 Å². The summed E-state index contributed by atoms with van der Waals surface area (Å²) in [6.45, 7) is 1.91. The van der Waals surface area contributed by atoms with Crippen molar-refractivity contribution in [1.82, 2.24) is 9.97 Å². The van der Waals surface area contributed by atoms with Crippen LogP contribution in [-0.4, -0.2) is 16.1 Å². The zero-order chi connectivity index (χ0) is 12.5. The average molecular weight is 241 g/mol. The van der Waals surface area contributed by atoms with Gasteiger partial charge >= 0.3 is 0 Å². The maximum atomic E-state index is 5.71. The smallest absolute Gasteiger partial charge is 0.220 e. The van der Waals surface area contributed by atoms with Gasteiger partial charge in [-0.15, -0.1) is 0 Å². The molecule has 0 aliphatic heterocycles. The van der Waals surface area contributed by atoms with Crippen molar-refractivity contribution in [3.8, 4) is 17.0 Å². The van der Waals surface area contributed by atoms with Crippen LogP contribution < -0.4 is 10.5 Å². The topological polar surface area (TPSA) is 61.0 Å². The van der Waals surface area contributed by atoms with Crippen molar-refractivity contribution in [3.63, 3.8) is 0 Å². The largest absolute Gasteiger partial charge is 0.490 e. The van der Waals surface area contributed by atoms with Gasteiger partial charge in [-0.3, -0.25) is 0 Å². The molecule has 1 saturated carbocycles. The van der Waals surface area contributed by atoms with Crippen LogP contribution in [-0.2, 0) is 0 Å². The second-order valence-corrected chi connectivity index (χ2v) is 4.59. The normalized spacial score (nSPS) is 14.5. The Balaban J connectivity index is 1.86. The first-order valence-corrected chi connectivity index (χ1v) is 6.09. The lowest BCUT2D eigenvalue weighted by Crippen LogP contribution is -1.98. The number of benzene rings is 1. The third-order valence-corrected chi connectivity index (χ3v) is 2.85. The Bertz CT molecular complexity index is 542. The zero-order valence-corrected chi connectivity index (χ0v) is 10.3. The quantitative estimate of drug-likeness (QED) is 0.897. The first kappa shape index (κ1) is 11.0. The Morgan fingerprint density at radius 3 is 2.50 bits per heavy atom. The predicted octanol–water partition coefficient (Wildman–Crippen LogP) is 2.58. The van der Waals surface area contributed by atoms with E-state index in [9.17, 15) is 0 Å². The van der Waals surface area contributed by atoms with Gasteiger partial charge < -0.3 is 10.5 Å². The molecule has 4 nitrogen and oxygen atoms in total. The van der Waals surface area contributed by atoms with Crippen molar-refractivity contribution < 1.29 is 4.74 Å². The second kappa shape index (κ2) is 4.29. The minimum Gasteiger partial charge on any atom is -0.490 e. The molecule has 1 aliphatic carbocycles. The van der Waals surface area contributed by atoms with Gasteiger partial charge in [-0.1, -0.05) is 0 Å². The van der Waals surface area contributed by atoms with Crippen LogP contribution in [0.4, 0.5) is 5.95 Å². The lowest BCUT2D eigenvalue weighted by atomic mass is 10.1. The molecule has 4 heteroatoms. The molecule has 1 aromatic heterocycles. The van der Waals surface area contributed by atoms with Gasteiger partial charge in [0.25, 0.3) is 0 Å². The van der Waals surface area contributed by atoms with Gasteiger partial charge in [-0.25, -0.2) is 9.97 Å². The summed E-state index contributed by atoms with van der Waals surface area (Å²) >= 11 is 0. The molecule has 92 valence electrons. The highest BCUT2D eigenvalue weighted by Gasteiger charge is 2.23. The number of hydrogen-bond acceptors (Lipinski definition) is 4. The van der Waals surface area contributed by atoms with E-state index in [0.717, 1.165) is 22.7 Å². The molecule has 0 spiro atoms. The minimum absolute atomic E-state index is 0.309. The summed E-state index contributed by atoms with van der Waals surface area (Å²) in [7, 11) is 0. The van der Waals surface area contributed by atoms with Crippen LogP contribution in [0.3, 0.4) is 0 Å². The third-order valence-electron chi connectivity index (χ3n) is 2.85. The van der Waals surface area contributed by atoms with Crippen LogP contribution in [0.25, 0.3) is 11.3 Å². The van der Waals surface area contributed by atoms with Gasteiger partial charge in [0.05, 0.1) is 11.8 Å². The van der Waals surface area contributed by atoms with Crippen LogP contribution in [0.5, 0.6) is 5.75 Å². The van der Waals surface area contributed by atoms with E-state index >= 15 is 0 Å². The van der Waals surface area contributed by atoms with Gasteiger partial charge in [-0.2, -0.15) is 0 Å². The molecule has 3 rings (SSSR count). The van der Waals surface area contributed by atoms with Gasteiger partial charge in [0.2, 0.25) is 5.95 Å². The van der Waals surface area contributed by atoms with Crippen molar-refractivity contribution in [3.05, 3.63) is 36.0 Å². The molecule has 2 N–H and O–H groups in total. The summed E-state index contributed by atoms with van der Waals surface area (Å²) < 4.78 is 5.71. The number of hydrogen-bond donors (Lipinski definition) is 1. The summed E-state index contributed by atoms with van der Waals surface area (Å²) in [4.78, 5) is 8.30. The summed E-state index contributed by atoms with van der Waals surface area (Å²) in [6.07, 6.45) is 2.76. The number of nitrogen functional groups attached to an aromatic ring is 1. The van der Waals surface area contributed by atoms with Crippen LogP contribution in [0.2, 0.25) is 0 Å². The Kier molecular flexibility index (Phi) is 2.63. The lowest BCUT2D eigenvalue weighted by Gasteiger charge is -2.06. The monoisotopic (exact) mass is 241 g/mol. The highest BCUT2D eigenvalue weighted by molar-refractivity contribution is 5.61.